The minimum Gasteiger partial charge on any atom is -0.343 e. The summed E-state index contributed by atoms with van der Waals surface area (Å²) in [7, 11) is 1.97. The highest BCUT2D eigenvalue weighted by Gasteiger charge is 2.22. The molecule has 0 aromatic heterocycles. The topological polar surface area (TPSA) is 49.4 Å². The van der Waals surface area contributed by atoms with Gasteiger partial charge >= 0.3 is 0 Å². The van der Waals surface area contributed by atoms with Gasteiger partial charge in [-0.1, -0.05) is 38.1 Å². The molecular formula is C20H30N2O2. The average molecular weight is 330 g/mol. The second-order valence-electron chi connectivity index (χ2n) is 7.16. The molecule has 2 rings (SSSR count). The van der Waals surface area contributed by atoms with Gasteiger partial charge in [-0.25, -0.2) is 0 Å². The maximum atomic E-state index is 12.3. The van der Waals surface area contributed by atoms with Gasteiger partial charge in [-0.3, -0.25) is 9.59 Å². The third kappa shape index (κ3) is 5.45. The van der Waals surface area contributed by atoms with Crippen LogP contribution in [0.2, 0.25) is 0 Å². The van der Waals surface area contributed by atoms with Crippen molar-refractivity contribution in [2.45, 2.75) is 52.0 Å². The number of rotatable bonds is 7. The minimum absolute atomic E-state index is 0.0598. The Labute approximate surface area is 145 Å². The Hall–Kier alpha value is -1.68. The Balaban J connectivity index is 1.79. The number of Topliss-reactive ketones (excluding diaryl/α,β-unsaturated/α-hetero) is 1. The zero-order valence-electron chi connectivity index (χ0n) is 15.2. The molecule has 0 unspecified atom stereocenters. The Kier molecular flexibility index (Phi) is 6.98. The van der Waals surface area contributed by atoms with E-state index in [0.29, 0.717) is 30.4 Å². The second kappa shape index (κ2) is 8.97. The van der Waals surface area contributed by atoms with E-state index in [2.05, 4.69) is 19.2 Å². The molecule has 0 bridgehead atoms. The van der Waals surface area contributed by atoms with Crippen LogP contribution < -0.4 is 5.32 Å². The van der Waals surface area contributed by atoms with Crippen LogP contribution in [-0.2, 0) is 11.2 Å². The van der Waals surface area contributed by atoms with Crippen LogP contribution in [0.4, 0.5) is 0 Å². The van der Waals surface area contributed by atoms with Gasteiger partial charge in [-0.15, -0.1) is 0 Å². The normalized spacial score (nSPS) is 15.8. The van der Waals surface area contributed by atoms with E-state index in [1.54, 1.807) is 0 Å². The van der Waals surface area contributed by atoms with Gasteiger partial charge in [0.05, 0.1) is 0 Å². The second-order valence-corrected chi connectivity index (χ2v) is 7.16. The Morgan fingerprint density at radius 1 is 1.12 bits per heavy atom. The summed E-state index contributed by atoms with van der Waals surface area (Å²) in [6, 6.07) is 8.35. The summed E-state index contributed by atoms with van der Waals surface area (Å²) in [6.07, 6.45) is 3.63. The first-order chi connectivity index (χ1) is 11.5. The highest BCUT2D eigenvalue weighted by atomic mass is 16.2. The molecule has 1 aromatic carbocycles. The zero-order valence-corrected chi connectivity index (χ0v) is 15.2. The molecule has 0 spiro atoms. The third-order valence-corrected chi connectivity index (χ3v) is 4.74. The number of piperidine rings is 1. The molecule has 24 heavy (non-hydrogen) atoms. The highest BCUT2D eigenvalue weighted by molar-refractivity contribution is 5.98. The monoisotopic (exact) mass is 330 g/mol. The number of likely N-dealkylation sites (tertiary alicyclic amines) is 1. The molecule has 0 saturated carbocycles. The summed E-state index contributed by atoms with van der Waals surface area (Å²) >= 11 is 0. The number of carbonyl (C=O) groups excluding carboxylic acids is 2. The van der Waals surface area contributed by atoms with Crippen molar-refractivity contribution in [3.8, 4) is 0 Å². The fraction of sp³-hybridized carbons (Fsp3) is 0.600. The first-order valence-corrected chi connectivity index (χ1v) is 9.06. The van der Waals surface area contributed by atoms with Crippen molar-refractivity contribution in [3.05, 3.63) is 35.4 Å². The van der Waals surface area contributed by atoms with E-state index in [1.807, 2.05) is 36.2 Å². The van der Waals surface area contributed by atoms with Crippen LogP contribution in [0.5, 0.6) is 0 Å². The molecule has 1 saturated heterocycles. The highest BCUT2D eigenvalue weighted by Crippen LogP contribution is 2.14. The van der Waals surface area contributed by atoms with Crippen molar-refractivity contribution < 1.29 is 9.59 Å². The number of hydrogen-bond acceptors (Lipinski definition) is 3. The van der Waals surface area contributed by atoms with Crippen LogP contribution in [-0.4, -0.2) is 42.8 Å². The van der Waals surface area contributed by atoms with Crippen molar-refractivity contribution in [3.63, 3.8) is 0 Å². The van der Waals surface area contributed by atoms with Crippen LogP contribution in [0.1, 0.15) is 55.5 Å². The number of hydrogen-bond donors (Lipinski definition) is 1. The molecule has 132 valence electrons. The lowest BCUT2D eigenvalue weighted by molar-refractivity contribution is -0.132. The molecule has 4 nitrogen and oxygen atoms in total. The van der Waals surface area contributed by atoms with E-state index in [-0.39, 0.29) is 11.7 Å². The number of nitrogens with zero attached hydrogens (tertiary/aromatic N) is 1. The van der Waals surface area contributed by atoms with Crippen molar-refractivity contribution in [1.82, 2.24) is 10.2 Å². The lowest BCUT2D eigenvalue weighted by Gasteiger charge is -2.31. The van der Waals surface area contributed by atoms with E-state index >= 15 is 0 Å². The summed E-state index contributed by atoms with van der Waals surface area (Å²) in [5, 5.41) is 3.26. The minimum atomic E-state index is 0.0598. The number of benzene rings is 1. The third-order valence-electron chi connectivity index (χ3n) is 4.74. The molecule has 1 fully saturated rings. The van der Waals surface area contributed by atoms with Gasteiger partial charge in [0.25, 0.3) is 0 Å². The molecule has 1 aliphatic heterocycles. The molecule has 0 atom stereocenters. The molecular weight excluding hydrogens is 300 g/mol. The van der Waals surface area contributed by atoms with Gasteiger partial charge in [0.15, 0.2) is 5.78 Å². The first kappa shape index (κ1) is 18.7. The maximum absolute atomic E-state index is 12.3. The Morgan fingerprint density at radius 3 is 2.29 bits per heavy atom. The van der Waals surface area contributed by atoms with Crippen LogP contribution >= 0.6 is 0 Å². The summed E-state index contributed by atoms with van der Waals surface area (Å²) in [6.45, 7) is 5.96. The molecule has 0 aliphatic carbocycles. The molecule has 1 aliphatic rings. The van der Waals surface area contributed by atoms with Gasteiger partial charge in [0, 0.05) is 37.5 Å². The predicted molar refractivity (Wildman–Crippen MR) is 97.2 cm³/mol. The van der Waals surface area contributed by atoms with E-state index in [0.717, 1.165) is 32.4 Å². The Bertz CT molecular complexity index is 543. The summed E-state index contributed by atoms with van der Waals surface area (Å²) in [5.41, 5.74) is 1.97. The maximum Gasteiger partial charge on any atom is 0.223 e. The molecule has 4 heteroatoms. The largest absolute Gasteiger partial charge is 0.343 e. The zero-order chi connectivity index (χ0) is 17.5. The average Bonchev–Trinajstić information content (AvgIpc) is 2.59. The van der Waals surface area contributed by atoms with Gasteiger partial charge in [-0.05, 0) is 37.8 Å². The molecule has 1 amide bonds. The van der Waals surface area contributed by atoms with E-state index in [4.69, 9.17) is 0 Å². The lowest BCUT2D eigenvalue weighted by Crippen LogP contribution is -2.44. The van der Waals surface area contributed by atoms with Crippen LogP contribution in [0, 0.1) is 5.92 Å². The van der Waals surface area contributed by atoms with Crippen molar-refractivity contribution >= 4 is 11.7 Å². The lowest BCUT2D eigenvalue weighted by atomic mass is 9.99. The van der Waals surface area contributed by atoms with Gasteiger partial charge in [-0.2, -0.15) is 0 Å². The standard InChI is InChI=1S/C20H30N2O2/c1-15(2)14-16-4-6-17(7-5-16)19(23)8-9-20(24)22-12-10-18(21-3)11-13-22/h4-7,15,18,21H,8-14H2,1-3H3. The van der Waals surface area contributed by atoms with Crippen molar-refractivity contribution in [2.75, 3.05) is 20.1 Å². The molecule has 1 aromatic rings. The number of nitrogens with one attached hydrogen (secondary N) is 1. The fourth-order valence-electron chi connectivity index (χ4n) is 3.24. The SMILES string of the molecule is CNC1CCN(C(=O)CCC(=O)c2ccc(CC(C)C)cc2)CC1. The summed E-state index contributed by atoms with van der Waals surface area (Å²) in [4.78, 5) is 26.4. The van der Waals surface area contributed by atoms with Crippen molar-refractivity contribution in [1.29, 1.82) is 0 Å². The summed E-state index contributed by atoms with van der Waals surface area (Å²) < 4.78 is 0. The molecule has 1 N–H and O–H groups in total. The molecule has 0 radical (unpaired) electrons. The van der Waals surface area contributed by atoms with Gasteiger partial charge in [0.1, 0.15) is 0 Å². The van der Waals surface area contributed by atoms with E-state index in [1.165, 1.54) is 5.56 Å². The number of carbonyl (C=O) groups is 2. The molecule has 1 heterocycles. The van der Waals surface area contributed by atoms with Crippen LogP contribution in [0.15, 0.2) is 24.3 Å². The van der Waals surface area contributed by atoms with Crippen LogP contribution in [0.25, 0.3) is 0 Å². The quantitative estimate of drug-likeness (QED) is 0.782. The van der Waals surface area contributed by atoms with E-state index in [9.17, 15) is 9.59 Å². The first-order valence-electron chi connectivity index (χ1n) is 9.06. The van der Waals surface area contributed by atoms with Gasteiger partial charge < -0.3 is 10.2 Å². The smallest absolute Gasteiger partial charge is 0.223 e. The van der Waals surface area contributed by atoms with Crippen molar-refractivity contribution in [2.24, 2.45) is 5.92 Å². The predicted octanol–water partition coefficient (Wildman–Crippen LogP) is 3.06. The summed E-state index contributed by atoms with van der Waals surface area (Å²) in [5.74, 6) is 0.773. The van der Waals surface area contributed by atoms with E-state index < -0.39 is 0 Å². The number of ketones is 1. The fourth-order valence-corrected chi connectivity index (χ4v) is 3.24. The number of amides is 1. The Morgan fingerprint density at radius 2 is 1.75 bits per heavy atom. The van der Waals surface area contributed by atoms with Crippen LogP contribution in [0.3, 0.4) is 0 Å². The van der Waals surface area contributed by atoms with Gasteiger partial charge in [0.2, 0.25) is 5.91 Å².